The average molecular weight is 230 g/mol. The SMILES string of the molecule is CSCCC(CCCC(F)(F)F)NN. The molecule has 0 bridgehead atoms. The van der Waals surface area contributed by atoms with Gasteiger partial charge in [-0.25, -0.2) is 0 Å². The Kier molecular flexibility index (Phi) is 7.40. The Morgan fingerprint density at radius 1 is 1.36 bits per heavy atom. The van der Waals surface area contributed by atoms with E-state index in [1.807, 2.05) is 6.26 Å². The minimum absolute atomic E-state index is 0.00444. The molecule has 0 aromatic heterocycles. The molecule has 86 valence electrons. The van der Waals surface area contributed by atoms with Gasteiger partial charge in [-0.3, -0.25) is 11.3 Å². The van der Waals surface area contributed by atoms with Crippen molar-refractivity contribution >= 4 is 11.8 Å². The quantitative estimate of drug-likeness (QED) is 0.520. The molecule has 14 heavy (non-hydrogen) atoms. The van der Waals surface area contributed by atoms with Gasteiger partial charge in [0, 0.05) is 12.5 Å². The van der Waals surface area contributed by atoms with Gasteiger partial charge in [0.05, 0.1) is 0 Å². The van der Waals surface area contributed by atoms with Gasteiger partial charge in [-0.05, 0) is 31.3 Å². The lowest BCUT2D eigenvalue weighted by atomic mass is 10.1. The number of hydrogen-bond acceptors (Lipinski definition) is 3. The van der Waals surface area contributed by atoms with E-state index in [0.29, 0.717) is 6.42 Å². The van der Waals surface area contributed by atoms with Gasteiger partial charge in [-0.15, -0.1) is 0 Å². The Morgan fingerprint density at radius 3 is 2.43 bits per heavy atom. The third-order valence-electron chi connectivity index (χ3n) is 1.92. The zero-order chi connectivity index (χ0) is 11.0. The fourth-order valence-corrected chi connectivity index (χ4v) is 1.64. The van der Waals surface area contributed by atoms with Crippen LogP contribution in [-0.2, 0) is 0 Å². The summed E-state index contributed by atoms with van der Waals surface area (Å²) in [5.41, 5.74) is 2.54. The van der Waals surface area contributed by atoms with Crippen molar-refractivity contribution in [1.29, 1.82) is 0 Å². The second kappa shape index (κ2) is 7.36. The molecule has 1 unspecified atom stereocenters. The molecule has 2 nitrogen and oxygen atoms in total. The largest absolute Gasteiger partial charge is 0.389 e. The van der Waals surface area contributed by atoms with Crippen LogP contribution in [-0.4, -0.2) is 24.2 Å². The van der Waals surface area contributed by atoms with Crippen molar-refractivity contribution in [1.82, 2.24) is 5.43 Å². The predicted octanol–water partition coefficient (Wildman–Crippen LogP) is 2.30. The third kappa shape index (κ3) is 8.65. The van der Waals surface area contributed by atoms with Crippen LogP contribution < -0.4 is 11.3 Å². The average Bonchev–Trinajstić information content (AvgIpc) is 2.09. The normalized spacial score (nSPS) is 14.4. The van der Waals surface area contributed by atoms with Gasteiger partial charge in [-0.2, -0.15) is 24.9 Å². The molecule has 0 radical (unpaired) electrons. The number of thioether (sulfide) groups is 1. The summed E-state index contributed by atoms with van der Waals surface area (Å²) in [7, 11) is 0. The van der Waals surface area contributed by atoms with E-state index in [1.165, 1.54) is 0 Å². The molecule has 3 N–H and O–H groups in total. The molecule has 0 spiro atoms. The molecule has 0 heterocycles. The zero-order valence-corrected chi connectivity index (χ0v) is 9.05. The summed E-state index contributed by atoms with van der Waals surface area (Å²) >= 11 is 1.67. The van der Waals surface area contributed by atoms with Crippen molar-refractivity contribution in [3.8, 4) is 0 Å². The van der Waals surface area contributed by atoms with Crippen LogP contribution in [0.5, 0.6) is 0 Å². The first-order chi connectivity index (χ1) is 6.49. The summed E-state index contributed by atoms with van der Waals surface area (Å²) in [5.74, 6) is 6.14. The number of halogens is 3. The van der Waals surface area contributed by atoms with E-state index in [9.17, 15) is 13.2 Å². The topological polar surface area (TPSA) is 38.0 Å². The molecule has 0 aromatic rings. The molecule has 0 aliphatic carbocycles. The molecule has 0 rings (SSSR count). The van der Waals surface area contributed by atoms with E-state index in [2.05, 4.69) is 5.43 Å². The summed E-state index contributed by atoms with van der Waals surface area (Å²) in [6.07, 6.45) is -1.36. The molecule has 6 heteroatoms. The second-order valence-corrected chi connectivity index (χ2v) is 4.14. The Labute approximate surface area is 86.8 Å². The van der Waals surface area contributed by atoms with Gasteiger partial charge in [-0.1, -0.05) is 0 Å². The number of hydrazine groups is 1. The molecular formula is C8H17F3N2S. The molecule has 0 fully saturated rings. The third-order valence-corrected chi connectivity index (χ3v) is 2.56. The molecule has 0 aromatic carbocycles. The summed E-state index contributed by atoms with van der Waals surface area (Å²) in [6, 6.07) is 0.00444. The summed E-state index contributed by atoms with van der Waals surface area (Å²) < 4.78 is 35.4. The maximum atomic E-state index is 11.8. The lowest BCUT2D eigenvalue weighted by Gasteiger charge is -2.15. The first-order valence-electron chi connectivity index (χ1n) is 4.51. The first kappa shape index (κ1) is 14.1. The summed E-state index contributed by atoms with van der Waals surface area (Å²) in [5, 5.41) is 0. The fourth-order valence-electron chi connectivity index (χ4n) is 1.12. The summed E-state index contributed by atoms with van der Waals surface area (Å²) in [6.45, 7) is 0. The van der Waals surface area contributed by atoms with E-state index in [1.54, 1.807) is 11.8 Å². The lowest BCUT2D eigenvalue weighted by Crippen LogP contribution is -2.35. The van der Waals surface area contributed by atoms with Crippen LogP contribution in [0.2, 0.25) is 0 Å². The van der Waals surface area contributed by atoms with Crippen LogP contribution in [0.3, 0.4) is 0 Å². The van der Waals surface area contributed by atoms with Crippen molar-refractivity contribution in [2.45, 2.75) is 37.9 Å². The van der Waals surface area contributed by atoms with Gasteiger partial charge in [0.1, 0.15) is 0 Å². The molecular weight excluding hydrogens is 213 g/mol. The van der Waals surface area contributed by atoms with Crippen molar-refractivity contribution < 1.29 is 13.2 Å². The Balaban J connectivity index is 3.52. The van der Waals surface area contributed by atoms with Crippen molar-refractivity contribution in [3.05, 3.63) is 0 Å². The highest BCUT2D eigenvalue weighted by molar-refractivity contribution is 7.98. The van der Waals surface area contributed by atoms with E-state index < -0.39 is 12.6 Å². The summed E-state index contributed by atoms with van der Waals surface area (Å²) in [4.78, 5) is 0. The van der Waals surface area contributed by atoms with Crippen LogP contribution in [0.15, 0.2) is 0 Å². The van der Waals surface area contributed by atoms with Crippen molar-refractivity contribution in [2.24, 2.45) is 5.84 Å². The maximum Gasteiger partial charge on any atom is 0.389 e. The van der Waals surface area contributed by atoms with Crippen LogP contribution in [0.4, 0.5) is 13.2 Å². The van der Waals surface area contributed by atoms with Gasteiger partial charge < -0.3 is 0 Å². The molecule has 1 atom stereocenters. The monoisotopic (exact) mass is 230 g/mol. The molecule has 0 aliphatic rings. The van der Waals surface area contributed by atoms with E-state index >= 15 is 0 Å². The molecule has 0 saturated carbocycles. The number of rotatable bonds is 7. The Hall–Kier alpha value is 0.0600. The van der Waals surface area contributed by atoms with E-state index in [4.69, 9.17) is 5.84 Å². The minimum atomic E-state index is -4.04. The molecule has 0 amide bonds. The number of nitrogens with two attached hydrogens (primary N) is 1. The van der Waals surface area contributed by atoms with Crippen LogP contribution >= 0.6 is 11.8 Å². The van der Waals surface area contributed by atoms with Gasteiger partial charge in [0.2, 0.25) is 0 Å². The van der Waals surface area contributed by atoms with Crippen LogP contribution in [0, 0.1) is 0 Å². The minimum Gasteiger partial charge on any atom is -0.271 e. The highest BCUT2D eigenvalue weighted by Gasteiger charge is 2.26. The first-order valence-corrected chi connectivity index (χ1v) is 5.91. The predicted molar refractivity (Wildman–Crippen MR) is 54.0 cm³/mol. The smallest absolute Gasteiger partial charge is 0.271 e. The highest BCUT2D eigenvalue weighted by atomic mass is 32.2. The lowest BCUT2D eigenvalue weighted by molar-refractivity contribution is -0.135. The number of nitrogens with one attached hydrogen (secondary N) is 1. The van der Waals surface area contributed by atoms with E-state index in [-0.39, 0.29) is 12.5 Å². The molecule has 0 aliphatic heterocycles. The Bertz CT molecular complexity index is 141. The van der Waals surface area contributed by atoms with Crippen LogP contribution in [0.25, 0.3) is 0 Å². The van der Waals surface area contributed by atoms with Crippen molar-refractivity contribution in [3.63, 3.8) is 0 Å². The van der Waals surface area contributed by atoms with Crippen LogP contribution in [0.1, 0.15) is 25.7 Å². The van der Waals surface area contributed by atoms with E-state index in [0.717, 1.165) is 12.2 Å². The van der Waals surface area contributed by atoms with Crippen molar-refractivity contribution in [2.75, 3.05) is 12.0 Å². The standard InChI is InChI=1S/C8H17F3N2S/c1-14-6-4-7(13-12)3-2-5-8(9,10)11/h7,13H,2-6,12H2,1H3. The maximum absolute atomic E-state index is 11.8. The van der Waals surface area contributed by atoms with Gasteiger partial charge >= 0.3 is 6.18 Å². The zero-order valence-electron chi connectivity index (χ0n) is 8.23. The number of alkyl halides is 3. The fraction of sp³-hybridized carbons (Fsp3) is 1.00. The highest BCUT2D eigenvalue weighted by Crippen LogP contribution is 2.23. The second-order valence-electron chi connectivity index (χ2n) is 3.15. The van der Waals surface area contributed by atoms with Gasteiger partial charge in [0.25, 0.3) is 0 Å². The van der Waals surface area contributed by atoms with Gasteiger partial charge in [0.15, 0.2) is 0 Å². The number of hydrogen-bond donors (Lipinski definition) is 2. The molecule has 0 saturated heterocycles. The Morgan fingerprint density at radius 2 is 2.00 bits per heavy atom.